The normalized spacial score (nSPS) is 13.6. The topological polar surface area (TPSA) is 306 Å². The van der Waals surface area contributed by atoms with Crippen LogP contribution in [0.2, 0.25) is 0 Å². The lowest BCUT2D eigenvalue weighted by atomic mass is 10.0. The van der Waals surface area contributed by atoms with Crippen molar-refractivity contribution >= 4 is 41.3 Å². The van der Waals surface area contributed by atoms with Crippen molar-refractivity contribution in [3.05, 3.63) is 0 Å². The van der Waals surface area contributed by atoms with Crippen molar-refractivity contribution in [2.75, 3.05) is 39.5 Å². The van der Waals surface area contributed by atoms with E-state index in [4.69, 9.17) is 27.3 Å². The Morgan fingerprint density at radius 1 is 0.590 bits per heavy atom. The number of ketones is 1. The lowest BCUT2D eigenvalue weighted by Gasteiger charge is -2.28. The van der Waals surface area contributed by atoms with Crippen molar-refractivity contribution in [1.82, 2.24) is 31.9 Å². The lowest BCUT2D eigenvalue weighted by Crippen LogP contribution is -2.59. The van der Waals surface area contributed by atoms with Gasteiger partial charge in [-0.3, -0.25) is 34.2 Å². The standard InChI is InChI=1S/C43H84N10O8/c1-5-6-7-8-9-10-11-12-13-18-27-61-28-23-38(56)49-33(20-14-16-24-44)39(57)50-34(21-15-17-25-45)40(58)52-36(29-31(2)3)42(60)51-35(22-19-26-48-43(46)47)41(59)53-37(30-54)32(4)55/h31,33-37,54H,5-30,44-45H2,1-4H3,(H,49,56)(H,50,57)(H,51,60)(H,52,58)(H,53,59)(H4,46,47,48)/t33-,34-,35-,36-,37-/m0/s1. The van der Waals surface area contributed by atoms with Crippen LogP contribution in [0.25, 0.3) is 0 Å². The van der Waals surface area contributed by atoms with Crippen molar-refractivity contribution in [2.45, 2.75) is 186 Å². The molecule has 0 unspecified atom stereocenters. The molecule has 61 heavy (non-hydrogen) atoms. The number of nitrogens with two attached hydrogens (primary N) is 3. The fraction of sp³-hybridized carbons (Fsp3) is 0.837. The number of unbranched alkanes of at least 4 members (excludes halogenated alkanes) is 11. The summed E-state index contributed by atoms with van der Waals surface area (Å²) in [4.78, 5) is 79.7. The molecule has 0 spiro atoms. The second-order valence-corrected chi connectivity index (χ2v) is 16.4. The zero-order valence-electron chi connectivity index (χ0n) is 37.9. The first-order valence-corrected chi connectivity index (χ1v) is 22.9. The highest BCUT2D eigenvalue weighted by atomic mass is 16.5. The minimum atomic E-state index is -1.18. The molecule has 0 heterocycles. The average Bonchev–Trinajstić information content (AvgIpc) is 3.21. The summed E-state index contributed by atoms with van der Waals surface area (Å²) in [7, 11) is 0. The number of amides is 5. The molecule has 5 atom stereocenters. The molecule has 0 rings (SSSR count). The molecular formula is C43H84N10O8. The SMILES string of the molecule is CCCCCCCCCCCCOCCC(=O)N[C@@H](CCCCN)C(=O)N[C@@H](CCCCN)C(=O)N[C@@H](CC(C)C)C(=O)N[C@@H](CCCNC(=N)N)C(=O)N[C@@H](CO)C(C)=O. The molecule has 18 heteroatoms. The molecule has 354 valence electrons. The number of carbonyl (C=O) groups excluding carboxylic acids is 6. The van der Waals surface area contributed by atoms with Crippen molar-refractivity contribution in [3.63, 3.8) is 0 Å². The van der Waals surface area contributed by atoms with Crippen LogP contribution in [-0.2, 0) is 33.5 Å². The summed E-state index contributed by atoms with van der Waals surface area (Å²) in [6.45, 7) is 8.32. The van der Waals surface area contributed by atoms with Crippen LogP contribution in [-0.4, -0.2) is 116 Å². The number of hydrogen-bond acceptors (Lipinski definition) is 11. The van der Waals surface area contributed by atoms with Crippen LogP contribution in [0.5, 0.6) is 0 Å². The maximum Gasteiger partial charge on any atom is 0.243 e. The van der Waals surface area contributed by atoms with E-state index in [1.165, 1.54) is 58.3 Å². The molecule has 0 bridgehead atoms. The van der Waals surface area contributed by atoms with E-state index in [2.05, 4.69) is 38.8 Å². The molecular weight excluding hydrogens is 785 g/mol. The maximum absolute atomic E-state index is 13.9. The molecule has 14 N–H and O–H groups in total. The van der Waals surface area contributed by atoms with Gasteiger partial charge in [-0.15, -0.1) is 0 Å². The second kappa shape index (κ2) is 36.8. The van der Waals surface area contributed by atoms with E-state index in [-0.39, 0.29) is 56.6 Å². The largest absolute Gasteiger partial charge is 0.394 e. The smallest absolute Gasteiger partial charge is 0.243 e. The fourth-order valence-electron chi connectivity index (χ4n) is 6.61. The Bertz CT molecular complexity index is 1260. The fourth-order valence-corrected chi connectivity index (χ4v) is 6.61. The predicted molar refractivity (Wildman–Crippen MR) is 239 cm³/mol. The van der Waals surface area contributed by atoms with Gasteiger partial charge in [0.15, 0.2) is 11.7 Å². The van der Waals surface area contributed by atoms with Crippen LogP contribution in [0.15, 0.2) is 0 Å². The van der Waals surface area contributed by atoms with Crippen LogP contribution in [0.4, 0.5) is 0 Å². The highest BCUT2D eigenvalue weighted by Gasteiger charge is 2.32. The van der Waals surface area contributed by atoms with Gasteiger partial charge >= 0.3 is 0 Å². The van der Waals surface area contributed by atoms with E-state index in [1.54, 1.807) is 0 Å². The predicted octanol–water partition coefficient (Wildman–Crippen LogP) is 1.89. The Labute approximate surface area is 365 Å². The Hall–Kier alpha value is -3.87. The third-order valence-electron chi connectivity index (χ3n) is 10.2. The number of aliphatic hydroxyl groups excluding tert-OH is 1. The van der Waals surface area contributed by atoms with Gasteiger partial charge in [0.2, 0.25) is 29.5 Å². The van der Waals surface area contributed by atoms with E-state index in [1.807, 2.05) is 13.8 Å². The van der Waals surface area contributed by atoms with Crippen LogP contribution < -0.4 is 49.1 Å². The molecule has 0 saturated heterocycles. The first kappa shape index (κ1) is 57.1. The molecule has 0 aromatic rings. The Kier molecular flexibility index (Phi) is 34.4. The number of rotatable bonds is 39. The summed E-state index contributed by atoms with van der Waals surface area (Å²) in [5.41, 5.74) is 16.8. The van der Waals surface area contributed by atoms with Gasteiger partial charge in [-0.2, -0.15) is 0 Å². The number of guanidine groups is 1. The van der Waals surface area contributed by atoms with Gasteiger partial charge in [0, 0.05) is 19.6 Å². The summed E-state index contributed by atoms with van der Waals surface area (Å²) in [5, 5.41) is 33.2. The van der Waals surface area contributed by atoms with Crippen molar-refractivity contribution in [2.24, 2.45) is 23.1 Å². The average molecular weight is 869 g/mol. The number of Topliss-reactive ketones (excluding diaryl/α,β-unsaturated/α-hetero) is 1. The van der Waals surface area contributed by atoms with Gasteiger partial charge in [-0.05, 0) is 90.1 Å². The molecule has 18 nitrogen and oxygen atoms in total. The Balaban J connectivity index is 5.71. The van der Waals surface area contributed by atoms with Crippen LogP contribution in [0, 0.1) is 11.3 Å². The third-order valence-corrected chi connectivity index (χ3v) is 10.2. The van der Waals surface area contributed by atoms with Crippen molar-refractivity contribution < 1.29 is 38.6 Å². The Morgan fingerprint density at radius 2 is 1.03 bits per heavy atom. The summed E-state index contributed by atoms with van der Waals surface area (Å²) in [6.07, 6.45) is 15.6. The minimum Gasteiger partial charge on any atom is -0.394 e. The quantitative estimate of drug-likeness (QED) is 0.0240. The Morgan fingerprint density at radius 3 is 1.49 bits per heavy atom. The van der Waals surface area contributed by atoms with Crippen LogP contribution in [0.1, 0.15) is 156 Å². The molecule has 0 aliphatic carbocycles. The van der Waals surface area contributed by atoms with E-state index in [0.717, 1.165) is 12.8 Å². The van der Waals surface area contributed by atoms with Gasteiger partial charge < -0.3 is 58.9 Å². The van der Waals surface area contributed by atoms with Gasteiger partial charge in [-0.25, -0.2) is 0 Å². The van der Waals surface area contributed by atoms with Crippen molar-refractivity contribution in [1.29, 1.82) is 5.41 Å². The van der Waals surface area contributed by atoms with Gasteiger partial charge in [0.05, 0.1) is 13.2 Å². The van der Waals surface area contributed by atoms with Gasteiger partial charge in [-0.1, -0.05) is 78.6 Å². The summed E-state index contributed by atoms with van der Waals surface area (Å²) in [6, 6.07) is -5.46. The summed E-state index contributed by atoms with van der Waals surface area (Å²) < 4.78 is 5.72. The summed E-state index contributed by atoms with van der Waals surface area (Å²) in [5.74, 6) is -3.72. The van der Waals surface area contributed by atoms with Crippen molar-refractivity contribution in [3.8, 4) is 0 Å². The van der Waals surface area contributed by atoms with Gasteiger partial charge in [0.25, 0.3) is 0 Å². The molecule has 0 aromatic heterocycles. The number of ether oxygens (including phenoxy) is 1. The molecule has 0 aliphatic heterocycles. The van der Waals surface area contributed by atoms with E-state index in [9.17, 15) is 33.9 Å². The number of nitrogens with one attached hydrogen (secondary N) is 7. The molecule has 0 radical (unpaired) electrons. The number of aliphatic hydroxyl groups is 1. The zero-order valence-corrected chi connectivity index (χ0v) is 37.9. The molecule has 0 aromatic carbocycles. The van der Waals surface area contributed by atoms with Crippen LogP contribution in [0.3, 0.4) is 0 Å². The van der Waals surface area contributed by atoms with E-state index in [0.29, 0.717) is 58.2 Å². The second-order valence-electron chi connectivity index (χ2n) is 16.4. The molecule has 0 fully saturated rings. The molecule has 0 saturated carbocycles. The van der Waals surface area contributed by atoms with Gasteiger partial charge in [0.1, 0.15) is 30.2 Å². The van der Waals surface area contributed by atoms with E-state index < -0.39 is 66.2 Å². The third kappa shape index (κ3) is 29.9. The maximum atomic E-state index is 13.9. The number of carbonyl (C=O) groups is 6. The highest BCUT2D eigenvalue weighted by molar-refractivity contribution is 5.96. The first-order chi connectivity index (χ1) is 29.2. The lowest BCUT2D eigenvalue weighted by molar-refractivity contribution is -0.135. The van der Waals surface area contributed by atoms with Crippen LogP contribution >= 0.6 is 0 Å². The highest BCUT2D eigenvalue weighted by Crippen LogP contribution is 2.12. The molecule has 0 aliphatic rings. The first-order valence-electron chi connectivity index (χ1n) is 22.9. The minimum absolute atomic E-state index is 0.0759. The number of hydrogen-bond donors (Lipinski definition) is 11. The van der Waals surface area contributed by atoms with E-state index >= 15 is 0 Å². The zero-order chi connectivity index (χ0) is 45.8. The molecule has 5 amide bonds. The monoisotopic (exact) mass is 869 g/mol. The summed E-state index contributed by atoms with van der Waals surface area (Å²) >= 11 is 0.